The Hall–Kier alpha value is -4.81. The van der Waals surface area contributed by atoms with E-state index in [0.29, 0.717) is 28.7 Å². The first-order valence-electron chi connectivity index (χ1n) is 12.3. The molecule has 0 aliphatic heterocycles. The number of anilines is 2. The number of aryl methyl sites for hydroxylation is 1. The van der Waals surface area contributed by atoms with Gasteiger partial charge in [0.25, 0.3) is 11.1 Å². The van der Waals surface area contributed by atoms with Crippen molar-refractivity contribution in [1.29, 1.82) is 0 Å². The zero-order valence-electron chi connectivity index (χ0n) is 21.3. The van der Waals surface area contributed by atoms with Crippen LogP contribution in [0.3, 0.4) is 0 Å². The highest BCUT2D eigenvalue weighted by Gasteiger charge is 2.36. The van der Waals surface area contributed by atoms with Crippen LogP contribution in [0.1, 0.15) is 31.7 Å². The number of para-hydroxylation sites is 1. The molecule has 13 heteroatoms. The molecule has 0 saturated carbocycles. The quantitative estimate of drug-likeness (QED) is 0.207. The number of hydrogen-bond acceptors (Lipinski definition) is 7. The third-order valence-corrected chi connectivity index (χ3v) is 6.11. The van der Waals surface area contributed by atoms with Crippen LogP contribution in [0.5, 0.6) is 0 Å². The van der Waals surface area contributed by atoms with Gasteiger partial charge in [0.15, 0.2) is 5.82 Å². The van der Waals surface area contributed by atoms with Gasteiger partial charge in [-0.05, 0) is 42.1 Å². The molecule has 0 atom stereocenters. The summed E-state index contributed by atoms with van der Waals surface area (Å²) in [5.41, 5.74) is 8.22. The minimum atomic E-state index is -4.74. The van der Waals surface area contributed by atoms with E-state index < -0.39 is 28.8 Å². The maximum absolute atomic E-state index is 14.9. The van der Waals surface area contributed by atoms with E-state index in [2.05, 4.69) is 22.0 Å². The van der Waals surface area contributed by atoms with E-state index in [1.807, 2.05) is 30.3 Å². The number of nitrogens with two attached hydrogens (primary N) is 2. The van der Waals surface area contributed by atoms with Crippen molar-refractivity contribution in [3.05, 3.63) is 86.9 Å². The number of pyridine rings is 1. The van der Waals surface area contributed by atoms with Crippen molar-refractivity contribution in [3.63, 3.8) is 0 Å². The number of alkyl halides is 3. The molecule has 40 heavy (non-hydrogen) atoms. The SMILES string of the molecule is CCCCCn1ccc2cc(-c3nc(N)c4ccccc4n3)c(F)cc2c1=O.Nc1cn[nH]c(=O)c1C(F)(F)F. The number of aromatic nitrogens is 5. The first-order chi connectivity index (χ1) is 19.0. The summed E-state index contributed by atoms with van der Waals surface area (Å²) in [7, 11) is 0. The Morgan fingerprint density at radius 2 is 1.75 bits per heavy atom. The van der Waals surface area contributed by atoms with Crippen LogP contribution >= 0.6 is 0 Å². The molecule has 9 nitrogen and oxygen atoms in total. The van der Waals surface area contributed by atoms with Crippen LogP contribution in [-0.2, 0) is 12.7 Å². The monoisotopic (exact) mass is 555 g/mol. The average Bonchev–Trinajstić information content (AvgIpc) is 2.90. The molecule has 0 unspecified atom stereocenters. The highest BCUT2D eigenvalue weighted by Crippen LogP contribution is 2.30. The van der Waals surface area contributed by atoms with Gasteiger partial charge in [-0.1, -0.05) is 31.9 Å². The third-order valence-electron chi connectivity index (χ3n) is 6.11. The molecule has 5 rings (SSSR count). The second-order valence-electron chi connectivity index (χ2n) is 8.92. The third kappa shape index (κ3) is 5.92. The Bertz CT molecular complexity index is 1800. The van der Waals surface area contributed by atoms with Crippen molar-refractivity contribution in [1.82, 2.24) is 24.7 Å². The number of hydrogen-bond donors (Lipinski definition) is 3. The number of unbranched alkanes of at least 4 members (excludes halogenated alkanes) is 2. The number of rotatable bonds is 5. The van der Waals surface area contributed by atoms with Crippen molar-refractivity contribution in [3.8, 4) is 11.4 Å². The normalized spacial score (nSPS) is 11.4. The molecular formula is C27H25F4N7O2. The molecule has 208 valence electrons. The van der Waals surface area contributed by atoms with Crippen molar-refractivity contribution < 1.29 is 17.6 Å². The van der Waals surface area contributed by atoms with Gasteiger partial charge >= 0.3 is 6.18 Å². The average molecular weight is 556 g/mol. The van der Waals surface area contributed by atoms with Gasteiger partial charge in [0, 0.05) is 18.1 Å². The van der Waals surface area contributed by atoms with Gasteiger partial charge in [0.2, 0.25) is 0 Å². The molecule has 0 aliphatic carbocycles. The molecule has 0 aliphatic rings. The van der Waals surface area contributed by atoms with E-state index in [9.17, 15) is 27.2 Å². The summed E-state index contributed by atoms with van der Waals surface area (Å²) in [5.74, 6) is -0.0280. The fraction of sp³-hybridized carbons (Fsp3) is 0.222. The molecule has 0 bridgehead atoms. The largest absolute Gasteiger partial charge is 0.423 e. The second kappa shape index (κ2) is 11.5. The first kappa shape index (κ1) is 28.2. The Labute approximate surface area is 224 Å². The van der Waals surface area contributed by atoms with Gasteiger partial charge in [-0.3, -0.25) is 9.59 Å². The van der Waals surface area contributed by atoms with E-state index in [1.165, 1.54) is 6.07 Å². The van der Waals surface area contributed by atoms with Crippen LogP contribution in [0.25, 0.3) is 33.1 Å². The lowest BCUT2D eigenvalue weighted by Crippen LogP contribution is -2.24. The summed E-state index contributed by atoms with van der Waals surface area (Å²) in [5, 5.41) is 6.47. The summed E-state index contributed by atoms with van der Waals surface area (Å²) < 4.78 is 52.5. The molecule has 0 amide bonds. The number of nitrogen functional groups attached to an aromatic ring is 2. The number of halogens is 4. The topological polar surface area (TPSA) is 146 Å². The van der Waals surface area contributed by atoms with Gasteiger partial charge in [0.05, 0.1) is 28.4 Å². The summed E-state index contributed by atoms with van der Waals surface area (Å²) in [6.07, 6.45) is 0.822. The predicted molar refractivity (Wildman–Crippen MR) is 145 cm³/mol. The van der Waals surface area contributed by atoms with Crippen LogP contribution in [-0.4, -0.2) is 24.7 Å². The number of fused-ring (bicyclic) bond motifs is 2. The van der Waals surface area contributed by atoms with Gasteiger partial charge < -0.3 is 16.0 Å². The van der Waals surface area contributed by atoms with E-state index in [4.69, 9.17) is 11.5 Å². The molecule has 0 fully saturated rings. The van der Waals surface area contributed by atoms with E-state index in [0.717, 1.165) is 30.8 Å². The number of benzene rings is 2. The summed E-state index contributed by atoms with van der Waals surface area (Å²) >= 11 is 0. The molecular weight excluding hydrogens is 530 g/mol. The first-order valence-corrected chi connectivity index (χ1v) is 12.3. The fourth-order valence-electron chi connectivity index (χ4n) is 4.11. The van der Waals surface area contributed by atoms with Gasteiger partial charge in [-0.2, -0.15) is 18.3 Å². The molecule has 0 saturated heterocycles. The van der Waals surface area contributed by atoms with Gasteiger partial charge in [-0.25, -0.2) is 19.5 Å². The van der Waals surface area contributed by atoms with Crippen LogP contribution < -0.4 is 22.6 Å². The van der Waals surface area contributed by atoms with Gasteiger partial charge in [-0.15, -0.1) is 0 Å². The van der Waals surface area contributed by atoms with E-state index in [-0.39, 0.29) is 16.9 Å². The predicted octanol–water partition coefficient (Wildman–Crippen LogP) is 4.89. The maximum atomic E-state index is 14.9. The highest BCUT2D eigenvalue weighted by atomic mass is 19.4. The lowest BCUT2D eigenvalue weighted by molar-refractivity contribution is -0.138. The molecule has 3 aromatic heterocycles. The smallest absolute Gasteiger partial charge is 0.397 e. The lowest BCUT2D eigenvalue weighted by atomic mass is 10.1. The Morgan fingerprint density at radius 3 is 2.42 bits per heavy atom. The van der Waals surface area contributed by atoms with Crippen LogP contribution in [0.2, 0.25) is 0 Å². The minimum absolute atomic E-state index is 0.182. The second-order valence-corrected chi connectivity index (χ2v) is 8.92. The number of aromatic amines is 1. The zero-order valence-corrected chi connectivity index (χ0v) is 21.3. The van der Waals surface area contributed by atoms with E-state index >= 15 is 0 Å². The molecule has 5 aromatic rings. The standard InChI is InChI=1S/C22H21FN4O.C5H4F3N3O/c1-2-3-6-10-27-11-9-14-12-17(18(23)13-16(14)22(27)28)21-25-19-8-5-4-7-15(19)20(24)26-21;6-5(7,8)3-2(9)1-10-11-4(3)12/h4-5,7-9,11-13H,2-3,6,10H2,1H3,(H2,24,25,26);1H,(H3,9,11,12). The van der Waals surface area contributed by atoms with Crippen molar-refractivity contribution >= 4 is 33.2 Å². The van der Waals surface area contributed by atoms with E-state index in [1.54, 1.807) is 21.9 Å². The Morgan fingerprint density at radius 1 is 1.00 bits per heavy atom. The van der Waals surface area contributed by atoms with Crippen LogP contribution in [0, 0.1) is 5.82 Å². The highest BCUT2D eigenvalue weighted by molar-refractivity contribution is 5.91. The summed E-state index contributed by atoms with van der Waals surface area (Å²) in [6, 6.07) is 12.1. The van der Waals surface area contributed by atoms with Crippen molar-refractivity contribution in [2.45, 2.75) is 38.9 Å². The Kier molecular flexibility index (Phi) is 8.12. The number of nitrogens with zero attached hydrogens (tertiary/aromatic N) is 4. The van der Waals surface area contributed by atoms with Crippen molar-refractivity contribution in [2.24, 2.45) is 0 Å². The summed E-state index contributed by atoms with van der Waals surface area (Å²) in [4.78, 5) is 32.0. The lowest BCUT2D eigenvalue weighted by Gasteiger charge is -2.10. The van der Waals surface area contributed by atoms with Crippen LogP contribution in [0.4, 0.5) is 29.1 Å². The van der Waals surface area contributed by atoms with Crippen molar-refractivity contribution in [2.75, 3.05) is 11.5 Å². The zero-order chi connectivity index (χ0) is 29.0. The number of nitrogens with one attached hydrogen (secondary N) is 1. The van der Waals surface area contributed by atoms with Crippen LogP contribution in [0.15, 0.2) is 64.4 Å². The summed E-state index contributed by atoms with van der Waals surface area (Å²) in [6.45, 7) is 2.75. The molecule has 0 radical (unpaired) electrons. The maximum Gasteiger partial charge on any atom is 0.423 e. The number of H-pyrrole nitrogens is 1. The molecule has 5 N–H and O–H groups in total. The fourth-order valence-corrected chi connectivity index (χ4v) is 4.11. The Balaban J connectivity index is 0.000000259. The molecule has 0 spiro atoms. The molecule has 3 heterocycles. The van der Waals surface area contributed by atoms with Gasteiger partial charge in [0.1, 0.15) is 17.2 Å². The molecule has 2 aromatic carbocycles. The minimum Gasteiger partial charge on any atom is -0.397 e.